The molecule has 1 amide bonds. The zero-order valence-corrected chi connectivity index (χ0v) is 16.4. The summed E-state index contributed by atoms with van der Waals surface area (Å²) < 4.78 is 11.5. The summed E-state index contributed by atoms with van der Waals surface area (Å²) in [6.07, 6.45) is 1.83. The molecule has 0 saturated heterocycles. The minimum Gasteiger partial charge on any atom is -0.497 e. The Morgan fingerprint density at radius 2 is 1.76 bits per heavy atom. The highest BCUT2D eigenvalue weighted by Gasteiger charge is 2.18. The number of nitrogens with zero attached hydrogens (tertiary/aromatic N) is 2. The fourth-order valence-corrected chi connectivity index (χ4v) is 2.88. The molecule has 7 nitrogen and oxygen atoms in total. The summed E-state index contributed by atoms with van der Waals surface area (Å²) in [5.41, 5.74) is 2.89. The van der Waals surface area contributed by atoms with Crippen molar-refractivity contribution in [1.29, 1.82) is 0 Å². The fraction of sp³-hybridized carbons (Fsp3) is 0.227. The average Bonchev–Trinajstić information content (AvgIpc) is 3.18. The number of nitrogens with one attached hydrogen (secondary N) is 1. The van der Waals surface area contributed by atoms with E-state index in [0.717, 1.165) is 16.9 Å². The summed E-state index contributed by atoms with van der Waals surface area (Å²) >= 11 is 0. The molecular formula is C22H23N3O4. The SMILES string of the molecule is COC(=O)CCNC(=O)c1cn(Cc2ccccc2)nc1-c1ccc(OC)cc1. The predicted molar refractivity (Wildman–Crippen MR) is 109 cm³/mol. The highest BCUT2D eigenvalue weighted by Crippen LogP contribution is 2.25. The van der Waals surface area contributed by atoms with E-state index in [9.17, 15) is 9.59 Å². The van der Waals surface area contributed by atoms with Crippen LogP contribution in [0.25, 0.3) is 11.3 Å². The van der Waals surface area contributed by atoms with E-state index >= 15 is 0 Å². The summed E-state index contributed by atoms with van der Waals surface area (Å²) in [5, 5.41) is 7.39. The van der Waals surface area contributed by atoms with Gasteiger partial charge in [-0.05, 0) is 29.8 Å². The van der Waals surface area contributed by atoms with Crippen molar-refractivity contribution < 1.29 is 19.1 Å². The third kappa shape index (κ3) is 5.22. The molecule has 0 aliphatic heterocycles. The zero-order chi connectivity index (χ0) is 20.6. The number of carbonyl (C=O) groups excluding carboxylic acids is 2. The van der Waals surface area contributed by atoms with E-state index in [1.165, 1.54) is 7.11 Å². The number of hydrogen-bond acceptors (Lipinski definition) is 5. The van der Waals surface area contributed by atoms with Gasteiger partial charge in [-0.3, -0.25) is 14.3 Å². The number of carbonyl (C=O) groups is 2. The highest BCUT2D eigenvalue weighted by molar-refractivity contribution is 6.00. The molecule has 0 bridgehead atoms. The summed E-state index contributed by atoms with van der Waals surface area (Å²) in [6, 6.07) is 17.3. The molecule has 0 radical (unpaired) electrons. The van der Waals surface area contributed by atoms with Crippen molar-refractivity contribution in [3.63, 3.8) is 0 Å². The predicted octanol–water partition coefficient (Wildman–Crippen LogP) is 2.90. The molecule has 1 heterocycles. The first-order chi connectivity index (χ1) is 14.1. The van der Waals surface area contributed by atoms with E-state index in [4.69, 9.17) is 4.74 Å². The molecule has 1 aromatic heterocycles. The molecule has 0 aliphatic rings. The van der Waals surface area contributed by atoms with Crippen LogP contribution in [0.15, 0.2) is 60.8 Å². The second kappa shape index (κ2) is 9.54. The standard InChI is InChI=1S/C22H23N3O4/c1-28-18-10-8-17(9-11-18)21-19(22(27)23-13-12-20(26)29-2)15-25(24-21)14-16-6-4-3-5-7-16/h3-11,15H,12-14H2,1-2H3,(H,23,27). The van der Waals surface area contributed by atoms with E-state index in [2.05, 4.69) is 15.2 Å². The minimum absolute atomic E-state index is 0.109. The molecule has 150 valence electrons. The lowest BCUT2D eigenvalue weighted by Gasteiger charge is -2.05. The summed E-state index contributed by atoms with van der Waals surface area (Å²) in [6.45, 7) is 0.733. The van der Waals surface area contributed by atoms with E-state index in [-0.39, 0.29) is 24.8 Å². The van der Waals surface area contributed by atoms with Gasteiger partial charge in [0, 0.05) is 18.3 Å². The van der Waals surface area contributed by atoms with Crippen LogP contribution >= 0.6 is 0 Å². The summed E-state index contributed by atoms with van der Waals surface area (Å²) in [5.74, 6) is 0.0565. The van der Waals surface area contributed by atoms with Gasteiger partial charge in [0.25, 0.3) is 5.91 Å². The molecule has 3 aromatic rings. The van der Waals surface area contributed by atoms with Crippen LogP contribution in [0.4, 0.5) is 0 Å². The van der Waals surface area contributed by atoms with Gasteiger partial charge in [-0.15, -0.1) is 0 Å². The molecule has 3 rings (SSSR count). The maximum atomic E-state index is 12.8. The number of methoxy groups -OCH3 is 2. The number of aromatic nitrogens is 2. The topological polar surface area (TPSA) is 82.5 Å². The highest BCUT2D eigenvalue weighted by atomic mass is 16.5. The number of amides is 1. The van der Waals surface area contributed by atoms with Crippen molar-refractivity contribution in [3.05, 3.63) is 71.9 Å². The third-order valence-corrected chi connectivity index (χ3v) is 4.40. The molecule has 0 saturated carbocycles. The van der Waals surface area contributed by atoms with Crippen molar-refractivity contribution in [1.82, 2.24) is 15.1 Å². The minimum atomic E-state index is -0.375. The van der Waals surface area contributed by atoms with Gasteiger partial charge < -0.3 is 14.8 Å². The largest absolute Gasteiger partial charge is 0.497 e. The van der Waals surface area contributed by atoms with Crippen LogP contribution in [0.1, 0.15) is 22.3 Å². The Hall–Kier alpha value is -3.61. The van der Waals surface area contributed by atoms with Crippen molar-refractivity contribution in [2.45, 2.75) is 13.0 Å². The van der Waals surface area contributed by atoms with E-state index in [1.54, 1.807) is 18.0 Å². The normalized spacial score (nSPS) is 10.4. The second-order valence-electron chi connectivity index (χ2n) is 6.39. The summed E-state index contributed by atoms with van der Waals surface area (Å²) in [7, 11) is 2.92. The third-order valence-electron chi connectivity index (χ3n) is 4.40. The molecular weight excluding hydrogens is 370 g/mol. The Kier molecular flexibility index (Phi) is 6.63. The molecule has 2 aromatic carbocycles. The van der Waals surface area contributed by atoms with Crippen LogP contribution in [-0.2, 0) is 16.1 Å². The lowest BCUT2D eigenvalue weighted by molar-refractivity contribution is -0.140. The number of esters is 1. The monoisotopic (exact) mass is 393 g/mol. The van der Waals surface area contributed by atoms with Gasteiger partial charge >= 0.3 is 5.97 Å². The van der Waals surface area contributed by atoms with Crippen LogP contribution < -0.4 is 10.1 Å². The van der Waals surface area contributed by atoms with Crippen molar-refractivity contribution in [3.8, 4) is 17.0 Å². The Bertz CT molecular complexity index is 965. The average molecular weight is 393 g/mol. The Labute approximate surface area is 169 Å². The molecule has 0 spiro atoms. The van der Waals surface area contributed by atoms with Crippen LogP contribution in [0.2, 0.25) is 0 Å². The second-order valence-corrected chi connectivity index (χ2v) is 6.39. The van der Waals surface area contributed by atoms with Gasteiger partial charge in [-0.1, -0.05) is 30.3 Å². The van der Waals surface area contributed by atoms with E-state index < -0.39 is 0 Å². The number of ether oxygens (including phenoxy) is 2. The van der Waals surface area contributed by atoms with E-state index in [0.29, 0.717) is 17.8 Å². The van der Waals surface area contributed by atoms with E-state index in [1.807, 2.05) is 54.6 Å². The van der Waals surface area contributed by atoms with Gasteiger partial charge in [-0.25, -0.2) is 0 Å². The molecule has 1 N–H and O–H groups in total. The van der Waals surface area contributed by atoms with Crippen molar-refractivity contribution >= 4 is 11.9 Å². The number of rotatable bonds is 8. The summed E-state index contributed by atoms with van der Waals surface area (Å²) in [4.78, 5) is 24.0. The first-order valence-electron chi connectivity index (χ1n) is 9.21. The number of benzene rings is 2. The van der Waals surface area contributed by atoms with Crippen LogP contribution in [0, 0.1) is 0 Å². The van der Waals surface area contributed by atoms with Crippen LogP contribution in [0.3, 0.4) is 0 Å². The fourth-order valence-electron chi connectivity index (χ4n) is 2.88. The Balaban J connectivity index is 1.86. The van der Waals surface area contributed by atoms with Crippen molar-refractivity contribution in [2.75, 3.05) is 20.8 Å². The van der Waals surface area contributed by atoms with Gasteiger partial charge in [0.1, 0.15) is 11.4 Å². The van der Waals surface area contributed by atoms with Gasteiger partial charge in [0.2, 0.25) is 0 Å². The maximum Gasteiger partial charge on any atom is 0.307 e. The molecule has 7 heteroatoms. The lowest BCUT2D eigenvalue weighted by Crippen LogP contribution is -2.26. The van der Waals surface area contributed by atoms with Crippen LogP contribution in [0.5, 0.6) is 5.75 Å². The molecule has 0 unspecified atom stereocenters. The number of hydrogen-bond donors (Lipinski definition) is 1. The quantitative estimate of drug-likeness (QED) is 0.595. The van der Waals surface area contributed by atoms with Crippen LogP contribution in [-0.4, -0.2) is 42.4 Å². The lowest BCUT2D eigenvalue weighted by atomic mass is 10.1. The van der Waals surface area contributed by atoms with Gasteiger partial charge in [0.05, 0.1) is 32.7 Å². The molecule has 0 atom stereocenters. The molecule has 0 aliphatic carbocycles. The van der Waals surface area contributed by atoms with Gasteiger partial charge in [0.15, 0.2) is 0 Å². The Morgan fingerprint density at radius 3 is 2.41 bits per heavy atom. The first kappa shape index (κ1) is 20.1. The Morgan fingerprint density at radius 1 is 1.03 bits per heavy atom. The van der Waals surface area contributed by atoms with Crippen molar-refractivity contribution in [2.24, 2.45) is 0 Å². The van der Waals surface area contributed by atoms with Gasteiger partial charge in [-0.2, -0.15) is 5.10 Å². The molecule has 29 heavy (non-hydrogen) atoms. The first-order valence-corrected chi connectivity index (χ1v) is 9.21. The smallest absolute Gasteiger partial charge is 0.307 e. The maximum absolute atomic E-state index is 12.8. The zero-order valence-electron chi connectivity index (χ0n) is 16.4. The molecule has 0 fully saturated rings.